The molecular formula is C24H20N6OS2. The van der Waals surface area contributed by atoms with Crippen molar-refractivity contribution in [2.75, 3.05) is 0 Å². The second-order valence-electron chi connectivity index (χ2n) is 7.28. The summed E-state index contributed by atoms with van der Waals surface area (Å²) < 4.78 is 1.43. The fraction of sp³-hybridized carbons (Fsp3) is 0.125. The van der Waals surface area contributed by atoms with Crippen LogP contribution < -0.4 is 5.56 Å². The first kappa shape index (κ1) is 21.2. The van der Waals surface area contributed by atoms with Gasteiger partial charge in [0.25, 0.3) is 0 Å². The molecule has 1 N–H and O–H groups in total. The van der Waals surface area contributed by atoms with Gasteiger partial charge in [-0.25, -0.2) is 9.97 Å². The van der Waals surface area contributed by atoms with Crippen LogP contribution in [0.4, 0.5) is 10.8 Å². The van der Waals surface area contributed by atoms with Crippen molar-refractivity contribution in [2.45, 2.75) is 20.3 Å². The molecule has 0 aliphatic carbocycles. The van der Waals surface area contributed by atoms with Gasteiger partial charge in [0.2, 0.25) is 10.3 Å². The van der Waals surface area contributed by atoms with Gasteiger partial charge in [0.05, 0.1) is 17.1 Å². The number of benzene rings is 2. The number of thiazole rings is 2. The molecule has 0 bridgehead atoms. The Kier molecular flexibility index (Phi) is 5.80. The highest BCUT2D eigenvalue weighted by molar-refractivity contribution is 7.15. The van der Waals surface area contributed by atoms with E-state index in [9.17, 15) is 4.79 Å². The van der Waals surface area contributed by atoms with Gasteiger partial charge < -0.3 is 0 Å². The Balaban J connectivity index is 1.59. The molecule has 0 unspecified atom stereocenters. The van der Waals surface area contributed by atoms with Crippen molar-refractivity contribution in [2.24, 2.45) is 10.2 Å². The summed E-state index contributed by atoms with van der Waals surface area (Å²) >= 11 is 2.88. The van der Waals surface area contributed by atoms with E-state index < -0.39 is 0 Å². The van der Waals surface area contributed by atoms with E-state index in [1.807, 2.05) is 73.0 Å². The molecule has 0 aliphatic heterocycles. The predicted molar refractivity (Wildman–Crippen MR) is 133 cm³/mol. The highest BCUT2D eigenvalue weighted by atomic mass is 32.1. The highest BCUT2D eigenvalue weighted by Gasteiger charge is 2.19. The van der Waals surface area contributed by atoms with Gasteiger partial charge in [0.15, 0.2) is 5.69 Å². The Hall–Kier alpha value is -3.69. The summed E-state index contributed by atoms with van der Waals surface area (Å²) in [7, 11) is 0. The molecule has 0 radical (unpaired) electrons. The van der Waals surface area contributed by atoms with Gasteiger partial charge in [-0.2, -0.15) is 4.68 Å². The van der Waals surface area contributed by atoms with E-state index in [1.54, 1.807) is 0 Å². The van der Waals surface area contributed by atoms with Gasteiger partial charge in [-0.1, -0.05) is 78.9 Å². The Bertz CT molecular complexity index is 1480. The maximum atomic E-state index is 13.4. The number of nitrogens with one attached hydrogen (secondary N) is 1. The molecule has 5 rings (SSSR count). The Labute approximate surface area is 198 Å². The van der Waals surface area contributed by atoms with Gasteiger partial charge in [-0.05, 0) is 13.3 Å². The molecule has 0 amide bonds. The van der Waals surface area contributed by atoms with Crippen LogP contribution in [-0.2, 0) is 6.42 Å². The predicted octanol–water partition coefficient (Wildman–Crippen LogP) is 6.70. The summed E-state index contributed by atoms with van der Waals surface area (Å²) in [4.78, 5) is 23.7. The van der Waals surface area contributed by atoms with Crippen LogP contribution in [0.1, 0.15) is 17.5 Å². The van der Waals surface area contributed by atoms with E-state index in [2.05, 4.69) is 32.2 Å². The van der Waals surface area contributed by atoms with Crippen molar-refractivity contribution in [3.05, 3.63) is 87.0 Å². The number of rotatable bonds is 6. The van der Waals surface area contributed by atoms with Crippen LogP contribution >= 0.6 is 22.7 Å². The summed E-state index contributed by atoms with van der Waals surface area (Å²) in [6.45, 7) is 4.04. The Morgan fingerprint density at radius 3 is 2.33 bits per heavy atom. The summed E-state index contributed by atoms with van der Waals surface area (Å²) in [5, 5.41) is 14.8. The minimum Gasteiger partial charge on any atom is -0.286 e. The Morgan fingerprint density at radius 1 is 0.970 bits per heavy atom. The Morgan fingerprint density at radius 2 is 1.67 bits per heavy atom. The van der Waals surface area contributed by atoms with Crippen LogP contribution in [0.25, 0.3) is 27.6 Å². The summed E-state index contributed by atoms with van der Waals surface area (Å²) in [6.07, 6.45) is 0.888. The van der Waals surface area contributed by atoms with Gasteiger partial charge in [0, 0.05) is 21.4 Å². The molecule has 33 heavy (non-hydrogen) atoms. The fourth-order valence-electron chi connectivity index (χ4n) is 3.45. The first-order valence-electron chi connectivity index (χ1n) is 10.4. The molecule has 0 atom stereocenters. The molecular weight excluding hydrogens is 452 g/mol. The summed E-state index contributed by atoms with van der Waals surface area (Å²) in [5.41, 5.74) is 4.10. The van der Waals surface area contributed by atoms with Crippen LogP contribution in [0.3, 0.4) is 0 Å². The van der Waals surface area contributed by atoms with E-state index in [-0.39, 0.29) is 11.2 Å². The van der Waals surface area contributed by atoms with E-state index in [0.29, 0.717) is 16.0 Å². The van der Waals surface area contributed by atoms with Crippen molar-refractivity contribution in [3.63, 3.8) is 0 Å². The number of H-pyrrole nitrogens is 1. The lowest BCUT2D eigenvalue weighted by molar-refractivity contribution is 0.843. The van der Waals surface area contributed by atoms with E-state index in [1.165, 1.54) is 27.4 Å². The number of nitrogens with zero attached hydrogens (tertiary/aromatic N) is 5. The molecule has 0 aliphatic rings. The second kappa shape index (κ2) is 9.05. The van der Waals surface area contributed by atoms with Crippen LogP contribution in [0.5, 0.6) is 0 Å². The van der Waals surface area contributed by atoms with Crippen LogP contribution in [0.2, 0.25) is 0 Å². The monoisotopic (exact) mass is 472 g/mol. The number of hydrogen-bond acceptors (Lipinski definition) is 7. The van der Waals surface area contributed by atoms with Crippen molar-refractivity contribution in [3.8, 4) is 27.6 Å². The maximum Gasteiger partial charge on any atom is 0.301 e. The molecule has 7 nitrogen and oxygen atoms in total. The molecule has 5 aromatic rings. The van der Waals surface area contributed by atoms with Gasteiger partial charge in [-0.15, -0.1) is 21.6 Å². The zero-order valence-corrected chi connectivity index (χ0v) is 19.7. The quantitative estimate of drug-likeness (QED) is 0.279. The smallest absolute Gasteiger partial charge is 0.286 e. The standard InChI is InChI=1S/C24H20N6OS2/c1-3-19-15(2)25-23(33-19)28-27-21-20(17-12-8-5-9-13-17)29-30(22(21)31)24-26-18(14-32-24)16-10-6-4-7-11-16/h4-14,29H,3H2,1-2H3. The molecule has 0 saturated heterocycles. The molecule has 0 saturated carbocycles. The molecule has 0 spiro atoms. The minimum absolute atomic E-state index is 0.226. The van der Waals surface area contributed by atoms with E-state index in [0.717, 1.165) is 33.8 Å². The van der Waals surface area contributed by atoms with Crippen molar-refractivity contribution in [1.29, 1.82) is 0 Å². The van der Waals surface area contributed by atoms with Crippen molar-refractivity contribution in [1.82, 2.24) is 19.7 Å². The number of azo groups is 1. The number of aromatic nitrogens is 4. The molecule has 9 heteroatoms. The van der Waals surface area contributed by atoms with Crippen LogP contribution in [-0.4, -0.2) is 19.7 Å². The lowest BCUT2D eigenvalue weighted by Crippen LogP contribution is -2.13. The number of hydrogen-bond donors (Lipinski definition) is 1. The van der Waals surface area contributed by atoms with Crippen molar-refractivity contribution >= 4 is 33.5 Å². The zero-order valence-electron chi connectivity index (χ0n) is 18.0. The zero-order chi connectivity index (χ0) is 22.8. The van der Waals surface area contributed by atoms with Gasteiger partial charge >= 0.3 is 5.56 Å². The second-order valence-corrected chi connectivity index (χ2v) is 9.18. The lowest BCUT2D eigenvalue weighted by atomic mass is 10.1. The molecule has 3 heterocycles. The minimum atomic E-state index is -0.310. The van der Waals surface area contributed by atoms with Crippen LogP contribution in [0, 0.1) is 6.92 Å². The third kappa shape index (κ3) is 4.20. The molecule has 2 aromatic carbocycles. The van der Waals surface area contributed by atoms with E-state index >= 15 is 0 Å². The number of aromatic amines is 1. The molecule has 164 valence electrons. The highest BCUT2D eigenvalue weighted by Crippen LogP contribution is 2.31. The van der Waals surface area contributed by atoms with Crippen LogP contribution in [0.15, 0.2) is 81.1 Å². The topological polar surface area (TPSA) is 88.3 Å². The summed E-state index contributed by atoms with van der Waals surface area (Å²) in [5.74, 6) is 0. The average molecular weight is 473 g/mol. The van der Waals surface area contributed by atoms with Gasteiger partial charge in [-0.3, -0.25) is 9.89 Å². The average Bonchev–Trinajstić information content (AvgIpc) is 3.56. The lowest BCUT2D eigenvalue weighted by Gasteiger charge is -1.99. The summed E-state index contributed by atoms with van der Waals surface area (Å²) in [6, 6.07) is 19.5. The first-order valence-corrected chi connectivity index (χ1v) is 12.1. The largest absolute Gasteiger partial charge is 0.301 e. The van der Waals surface area contributed by atoms with E-state index in [4.69, 9.17) is 0 Å². The first-order chi connectivity index (χ1) is 16.1. The third-order valence-corrected chi connectivity index (χ3v) is 7.13. The SMILES string of the molecule is CCc1sc(N=Nc2c(-c3ccccc3)[nH]n(-c3nc(-c4ccccc4)cs3)c2=O)nc1C. The van der Waals surface area contributed by atoms with Crippen molar-refractivity contribution < 1.29 is 0 Å². The third-order valence-electron chi connectivity index (χ3n) is 5.12. The van der Waals surface area contributed by atoms with Gasteiger partial charge in [0.1, 0.15) is 0 Å². The molecule has 3 aromatic heterocycles. The number of aryl methyl sites for hydroxylation is 2. The maximum absolute atomic E-state index is 13.4. The normalized spacial score (nSPS) is 11.5. The molecule has 0 fully saturated rings. The fourth-order valence-corrected chi connectivity index (χ4v) is 5.06.